The van der Waals surface area contributed by atoms with Crippen LogP contribution in [0.15, 0.2) is 30.5 Å². The molecule has 1 N–H and O–H groups in total. The predicted molar refractivity (Wildman–Crippen MR) is 115 cm³/mol. The maximum absolute atomic E-state index is 12.6. The molecule has 1 saturated heterocycles. The highest BCUT2D eigenvalue weighted by atomic mass is 16.7. The van der Waals surface area contributed by atoms with Crippen LogP contribution in [-0.2, 0) is 32.1 Å². The van der Waals surface area contributed by atoms with E-state index in [-0.39, 0.29) is 17.7 Å². The maximum atomic E-state index is 12.6. The van der Waals surface area contributed by atoms with Gasteiger partial charge in [-0.2, -0.15) is 0 Å². The standard InChI is InChI=1S/C22H32N4O5/c1-3-29-21(30-4-2)14-26-13-20(24-25-26)22(27)23-18-9-7-8-17(12-18)15-28-16-19-10-5-6-11-31-19/h7-9,12-13,19,21H,3-6,10-11,14-16H2,1-2H3,(H,23,27). The van der Waals surface area contributed by atoms with E-state index >= 15 is 0 Å². The molecule has 0 radical (unpaired) electrons. The van der Waals surface area contributed by atoms with Crippen molar-refractivity contribution in [1.29, 1.82) is 0 Å². The molecule has 0 saturated carbocycles. The van der Waals surface area contributed by atoms with E-state index in [1.165, 1.54) is 6.42 Å². The number of nitrogens with one attached hydrogen (secondary N) is 1. The first kappa shape index (κ1) is 23.3. The fraction of sp³-hybridized carbons (Fsp3) is 0.591. The van der Waals surface area contributed by atoms with Crippen molar-refractivity contribution in [3.05, 3.63) is 41.7 Å². The van der Waals surface area contributed by atoms with Gasteiger partial charge in [-0.25, -0.2) is 4.68 Å². The number of amides is 1. The zero-order chi connectivity index (χ0) is 21.9. The molecule has 31 heavy (non-hydrogen) atoms. The van der Waals surface area contributed by atoms with Crippen LogP contribution in [0, 0.1) is 0 Å². The van der Waals surface area contributed by atoms with Gasteiger partial charge >= 0.3 is 0 Å². The van der Waals surface area contributed by atoms with Crippen LogP contribution in [0.25, 0.3) is 0 Å². The quantitative estimate of drug-likeness (QED) is 0.515. The first-order valence-electron chi connectivity index (χ1n) is 10.9. The minimum atomic E-state index is -0.427. The number of anilines is 1. The summed E-state index contributed by atoms with van der Waals surface area (Å²) in [5.74, 6) is -0.329. The number of benzene rings is 1. The van der Waals surface area contributed by atoms with Crippen LogP contribution in [0.3, 0.4) is 0 Å². The van der Waals surface area contributed by atoms with Crippen LogP contribution in [0.1, 0.15) is 49.2 Å². The van der Waals surface area contributed by atoms with Gasteiger partial charge in [0, 0.05) is 25.5 Å². The lowest BCUT2D eigenvalue weighted by atomic mass is 10.1. The zero-order valence-corrected chi connectivity index (χ0v) is 18.3. The Bertz CT molecular complexity index is 801. The Morgan fingerprint density at radius 3 is 2.87 bits per heavy atom. The first-order valence-corrected chi connectivity index (χ1v) is 10.9. The second-order valence-electron chi connectivity index (χ2n) is 7.32. The fourth-order valence-electron chi connectivity index (χ4n) is 3.35. The molecule has 1 aromatic heterocycles. The van der Waals surface area contributed by atoms with Crippen molar-refractivity contribution in [2.45, 2.75) is 58.7 Å². The predicted octanol–water partition coefficient (Wildman–Crippen LogP) is 3.02. The molecule has 3 rings (SSSR count). The lowest BCUT2D eigenvalue weighted by Crippen LogP contribution is -2.24. The summed E-state index contributed by atoms with van der Waals surface area (Å²) in [4.78, 5) is 12.6. The smallest absolute Gasteiger partial charge is 0.277 e. The third-order valence-electron chi connectivity index (χ3n) is 4.84. The van der Waals surface area contributed by atoms with E-state index in [2.05, 4.69) is 15.6 Å². The largest absolute Gasteiger partial charge is 0.376 e. The molecule has 1 amide bonds. The molecule has 1 aliphatic heterocycles. The van der Waals surface area contributed by atoms with Crippen LogP contribution in [-0.4, -0.2) is 59.7 Å². The Balaban J connectivity index is 1.49. The van der Waals surface area contributed by atoms with Gasteiger partial charge in [-0.1, -0.05) is 17.3 Å². The second-order valence-corrected chi connectivity index (χ2v) is 7.32. The normalized spacial score (nSPS) is 16.5. The monoisotopic (exact) mass is 432 g/mol. The number of nitrogens with zero attached hydrogens (tertiary/aromatic N) is 3. The van der Waals surface area contributed by atoms with Crippen LogP contribution in [0.5, 0.6) is 0 Å². The summed E-state index contributed by atoms with van der Waals surface area (Å²) in [5.41, 5.74) is 1.88. The van der Waals surface area contributed by atoms with Crippen LogP contribution < -0.4 is 5.32 Å². The molecule has 9 heteroatoms. The Morgan fingerprint density at radius 1 is 1.29 bits per heavy atom. The van der Waals surface area contributed by atoms with Crippen LogP contribution >= 0.6 is 0 Å². The average molecular weight is 433 g/mol. The van der Waals surface area contributed by atoms with Crippen LogP contribution in [0.4, 0.5) is 5.69 Å². The number of carbonyl (C=O) groups excluding carboxylic acids is 1. The van der Waals surface area contributed by atoms with Crippen molar-refractivity contribution in [1.82, 2.24) is 15.0 Å². The van der Waals surface area contributed by atoms with E-state index in [1.54, 1.807) is 10.9 Å². The average Bonchev–Trinajstić information content (AvgIpc) is 3.24. The minimum Gasteiger partial charge on any atom is -0.376 e. The Labute approximate surface area is 183 Å². The van der Waals surface area contributed by atoms with E-state index in [4.69, 9.17) is 18.9 Å². The molecule has 1 fully saturated rings. The SMILES string of the molecule is CCOC(Cn1cc(C(=O)Nc2cccc(COCC3CCCCO3)c2)nn1)OCC. The van der Waals surface area contributed by atoms with Gasteiger partial charge < -0.3 is 24.3 Å². The Morgan fingerprint density at radius 2 is 2.13 bits per heavy atom. The molecule has 1 unspecified atom stereocenters. The summed E-state index contributed by atoms with van der Waals surface area (Å²) >= 11 is 0. The Kier molecular flexibility index (Phi) is 9.41. The zero-order valence-electron chi connectivity index (χ0n) is 18.3. The number of aromatic nitrogens is 3. The number of hydrogen-bond acceptors (Lipinski definition) is 7. The van der Waals surface area contributed by atoms with E-state index in [0.29, 0.717) is 38.7 Å². The van der Waals surface area contributed by atoms with Gasteiger partial charge in [-0.05, 0) is 50.8 Å². The molecule has 0 spiro atoms. The van der Waals surface area contributed by atoms with Gasteiger partial charge in [-0.15, -0.1) is 5.10 Å². The minimum absolute atomic E-state index is 0.185. The van der Waals surface area contributed by atoms with Crippen molar-refractivity contribution in [3.8, 4) is 0 Å². The summed E-state index contributed by atoms with van der Waals surface area (Å²) in [6, 6.07) is 7.58. The summed E-state index contributed by atoms with van der Waals surface area (Å²) < 4.78 is 24.0. The van der Waals surface area contributed by atoms with Gasteiger partial charge in [0.1, 0.15) is 0 Å². The van der Waals surface area contributed by atoms with Gasteiger partial charge in [0.05, 0.1) is 32.1 Å². The third kappa shape index (κ3) is 7.70. The van der Waals surface area contributed by atoms with E-state index in [0.717, 1.165) is 25.0 Å². The topological polar surface area (TPSA) is 96.7 Å². The molecule has 0 aliphatic carbocycles. The van der Waals surface area contributed by atoms with Crippen molar-refractivity contribution < 1.29 is 23.7 Å². The molecule has 1 atom stereocenters. The number of carbonyl (C=O) groups is 1. The van der Waals surface area contributed by atoms with Crippen molar-refractivity contribution >= 4 is 11.6 Å². The lowest BCUT2D eigenvalue weighted by molar-refractivity contribution is -0.145. The first-order chi connectivity index (χ1) is 15.2. The molecular formula is C22H32N4O5. The lowest BCUT2D eigenvalue weighted by Gasteiger charge is -2.22. The van der Waals surface area contributed by atoms with Crippen LogP contribution in [0.2, 0.25) is 0 Å². The molecule has 0 bridgehead atoms. The van der Waals surface area contributed by atoms with Gasteiger partial charge in [0.25, 0.3) is 5.91 Å². The van der Waals surface area contributed by atoms with E-state index in [1.807, 2.05) is 38.1 Å². The number of rotatable bonds is 12. The molecule has 2 aromatic rings. The number of ether oxygens (including phenoxy) is 4. The highest BCUT2D eigenvalue weighted by molar-refractivity contribution is 6.02. The van der Waals surface area contributed by atoms with Crippen molar-refractivity contribution in [2.75, 3.05) is 31.7 Å². The molecule has 2 heterocycles. The van der Waals surface area contributed by atoms with Gasteiger partial charge in [0.2, 0.25) is 0 Å². The third-order valence-corrected chi connectivity index (χ3v) is 4.84. The number of hydrogen-bond donors (Lipinski definition) is 1. The molecule has 1 aliphatic rings. The summed E-state index contributed by atoms with van der Waals surface area (Å²) in [7, 11) is 0. The highest BCUT2D eigenvalue weighted by Gasteiger charge is 2.16. The fourth-order valence-corrected chi connectivity index (χ4v) is 3.35. The summed E-state index contributed by atoms with van der Waals surface area (Å²) in [5, 5.41) is 10.8. The highest BCUT2D eigenvalue weighted by Crippen LogP contribution is 2.16. The van der Waals surface area contributed by atoms with Crippen molar-refractivity contribution in [3.63, 3.8) is 0 Å². The van der Waals surface area contributed by atoms with E-state index in [9.17, 15) is 4.79 Å². The van der Waals surface area contributed by atoms with Gasteiger partial charge in [0.15, 0.2) is 12.0 Å². The maximum Gasteiger partial charge on any atom is 0.277 e. The summed E-state index contributed by atoms with van der Waals surface area (Å²) in [6.07, 6.45) is 4.71. The molecule has 170 valence electrons. The molecule has 9 nitrogen and oxygen atoms in total. The summed E-state index contributed by atoms with van der Waals surface area (Å²) in [6.45, 7) is 7.09. The Hall–Kier alpha value is -2.33. The molecular weight excluding hydrogens is 400 g/mol. The van der Waals surface area contributed by atoms with E-state index < -0.39 is 6.29 Å². The van der Waals surface area contributed by atoms with Crippen molar-refractivity contribution in [2.24, 2.45) is 0 Å². The second kappa shape index (κ2) is 12.5. The molecule has 1 aromatic carbocycles. The van der Waals surface area contributed by atoms with Gasteiger partial charge in [-0.3, -0.25) is 4.79 Å².